The highest BCUT2D eigenvalue weighted by atomic mass is 32.1. The lowest BCUT2D eigenvalue weighted by Crippen LogP contribution is -2.72. The Labute approximate surface area is 289 Å². The first kappa shape index (κ1) is 37.1. The van der Waals surface area contributed by atoms with Crippen molar-refractivity contribution in [2.45, 2.75) is 25.3 Å². The minimum atomic E-state index is -1.40. The Bertz CT molecular complexity index is 1830. The molecule has 4 rings (SSSR count). The minimum Gasteiger partial charge on any atom is -0.459 e. The lowest BCUT2D eigenvalue weighted by atomic mass is 9.98. The van der Waals surface area contributed by atoms with Crippen molar-refractivity contribution in [2.24, 2.45) is 10.9 Å². The Morgan fingerprint density at radius 2 is 1.45 bits per heavy atom. The lowest BCUT2D eigenvalue weighted by molar-refractivity contribution is -0.385. The molecule has 3 amide bonds. The number of anilines is 1. The molecule has 23 heteroatoms. The van der Waals surface area contributed by atoms with Gasteiger partial charge in [-0.2, -0.15) is 0 Å². The fraction of sp³-hybridized carbons (Fsp3) is 0.250. The number of β-lactam (4-membered cyclic amide) rings is 1. The SMILES string of the molecule is NC(=O)OC[C@@H]1[C@@H](NC(=O)/C(=N\OCC(=O)OCc2ccc([N+](=O)[O-])cc2)c2csc(N)n2)C(=O)N1OCC(=O)OCc1ccc([N+](=O)[O-])cc1. The molecule has 1 saturated heterocycles. The number of nitro groups is 2. The molecule has 51 heavy (non-hydrogen) atoms. The summed E-state index contributed by atoms with van der Waals surface area (Å²) in [7, 11) is 0. The summed E-state index contributed by atoms with van der Waals surface area (Å²) in [5, 5.41) is 29.7. The summed E-state index contributed by atoms with van der Waals surface area (Å²) < 4.78 is 14.9. The maximum Gasteiger partial charge on any atom is 0.404 e. The number of nitro benzene ring substituents is 2. The van der Waals surface area contributed by atoms with E-state index in [9.17, 15) is 44.2 Å². The quantitative estimate of drug-likeness (QED) is 0.0424. The van der Waals surface area contributed by atoms with Crippen LogP contribution in [0.4, 0.5) is 21.3 Å². The molecule has 1 fully saturated rings. The number of primary amides is 1. The van der Waals surface area contributed by atoms with Crippen molar-refractivity contribution in [3.8, 4) is 0 Å². The van der Waals surface area contributed by atoms with E-state index in [2.05, 4.69) is 15.5 Å². The van der Waals surface area contributed by atoms with Crippen molar-refractivity contribution in [1.82, 2.24) is 15.4 Å². The molecular formula is C28H26N8O14S. The smallest absolute Gasteiger partial charge is 0.404 e. The fourth-order valence-electron chi connectivity index (χ4n) is 4.09. The second-order valence-electron chi connectivity index (χ2n) is 10.0. The van der Waals surface area contributed by atoms with Gasteiger partial charge < -0.3 is 35.8 Å². The van der Waals surface area contributed by atoms with E-state index in [1.165, 1.54) is 53.9 Å². The number of benzene rings is 2. The summed E-state index contributed by atoms with van der Waals surface area (Å²) >= 11 is 0.942. The monoisotopic (exact) mass is 730 g/mol. The van der Waals surface area contributed by atoms with Gasteiger partial charge >= 0.3 is 18.0 Å². The maximum atomic E-state index is 13.3. The van der Waals surface area contributed by atoms with Crippen LogP contribution in [0.25, 0.3) is 0 Å². The predicted octanol–water partition coefficient (Wildman–Crippen LogP) is 0.472. The zero-order chi connectivity index (χ0) is 37.1. The van der Waals surface area contributed by atoms with Gasteiger partial charge in [-0.25, -0.2) is 24.4 Å². The van der Waals surface area contributed by atoms with Gasteiger partial charge in [0.1, 0.15) is 37.6 Å². The first-order valence-electron chi connectivity index (χ1n) is 14.2. The van der Waals surface area contributed by atoms with Gasteiger partial charge in [-0.15, -0.1) is 11.3 Å². The van der Waals surface area contributed by atoms with Gasteiger partial charge in [0.25, 0.3) is 23.2 Å². The van der Waals surface area contributed by atoms with E-state index >= 15 is 0 Å². The van der Waals surface area contributed by atoms with Crippen LogP contribution in [-0.4, -0.2) is 87.4 Å². The van der Waals surface area contributed by atoms with Crippen molar-refractivity contribution in [3.05, 3.63) is 91.0 Å². The first-order valence-corrected chi connectivity index (χ1v) is 15.1. The molecule has 2 atom stereocenters. The number of carbonyl (C=O) groups is 5. The number of amides is 3. The third-order valence-electron chi connectivity index (χ3n) is 6.59. The van der Waals surface area contributed by atoms with Crippen LogP contribution in [-0.2, 0) is 56.3 Å². The second-order valence-corrected chi connectivity index (χ2v) is 10.9. The van der Waals surface area contributed by atoms with E-state index in [1.807, 2.05) is 0 Å². The van der Waals surface area contributed by atoms with Crippen LogP contribution in [0.3, 0.4) is 0 Å². The second kappa shape index (κ2) is 17.1. The van der Waals surface area contributed by atoms with Gasteiger partial charge in [-0.1, -0.05) is 5.16 Å². The molecule has 2 heterocycles. The zero-order valence-corrected chi connectivity index (χ0v) is 26.7. The van der Waals surface area contributed by atoms with E-state index < -0.39 is 77.3 Å². The predicted molar refractivity (Wildman–Crippen MR) is 169 cm³/mol. The van der Waals surface area contributed by atoms with Gasteiger partial charge in [0, 0.05) is 29.6 Å². The first-order chi connectivity index (χ1) is 24.3. The number of nitrogens with one attached hydrogen (secondary N) is 1. The lowest BCUT2D eigenvalue weighted by Gasteiger charge is -2.44. The molecule has 268 valence electrons. The van der Waals surface area contributed by atoms with Crippen molar-refractivity contribution < 1.29 is 57.7 Å². The van der Waals surface area contributed by atoms with Gasteiger partial charge in [0.15, 0.2) is 17.5 Å². The number of nitrogens with zero attached hydrogens (tertiary/aromatic N) is 5. The van der Waals surface area contributed by atoms with Gasteiger partial charge in [0.05, 0.1) is 9.85 Å². The summed E-state index contributed by atoms with van der Waals surface area (Å²) in [4.78, 5) is 96.5. The van der Waals surface area contributed by atoms with E-state index in [4.69, 9.17) is 35.4 Å². The average molecular weight is 731 g/mol. The van der Waals surface area contributed by atoms with E-state index in [1.54, 1.807) is 0 Å². The Morgan fingerprint density at radius 3 is 1.94 bits per heavy atom. The van der Waals surface area contributed by atoms with Crippen LogP contribution in [0.15, 0.2) is 59.1 Å². The zero-order valence-electron chi connectivity index (χ0n) is 25.9. The third-order valence-corrected chi connectivity index (χ3v) is 7.26. The molecule has 3 aromatic rings. The van der Waals surface area contributed by atoms with Crippen LogP contribution in [0, 0.1) is 20.2 Å². The minimum absolute atomic E-state index is 0.0421. The molecule has 0 radical (unpaired) electrons. The van der Waals surface area contributed by atoms with E-state index in [0.29, 0.717) is 16.2 Å². The van der Waals surface area contributed by atoms with Crippen LogP contribution in [0.2, 0.25) is 0 Å². The number of carbonyl (C=O) groups excluding carboxylic acids is 5. The highest BCUT2D eigenvalue weighted by Crippen LogP contribution is 2.22. The molecule has 5 N–H and O–H groups in total. The number of ether oxygens (including phenoxy) is 3. The van der Waals surface area contributed by atoms with Crippen molar-refractivity contribution >= 4 is 63.4 Å². The summed E-state index contributed by atoms with van der Waals surface area (Å²) in [6.07, 6.45) is -1.21. The summed E-state index contributed by atoms with van der Waals surface area (Å²) in [5.74, 6) is -3.75. The number of hydrogen-bond acceptors (Lipinski definition) is 18. The molecule has 1 aliphatic rings. The van der Waals surface area contributed by atoms with Crippen molar-refractivity contribution in [2.75, 3.05) is 25.6 Å². The normalized spacial score (nSPS) is 15.3. The van der Waals surface area contributed by atoms with Crippen LogP contribution < -0.4 is 16.8 Å². The molecule has 1 aliphatic heterocycles. The fourth-order valence-corrected chi connectivity index (χ4v) is 4.64. The number of hydrogen-bond donors (Lipinski definition) is 3. The Hall–Kier alpha value is -6.75. The molecule has 0 spiro atoms. The number of nitrogens with two attached hydrogens (primary N) is 2. The molecule has 0 aliphatic carbocycles. The van der Waals surface area contributed by atoms with Crippen molar-refractivity contribution in [1.29, 1.82) is 0 Å². The molecule has 0 unspecified atom stereocenters. The number of esters is 2. The van der Waals surface area contributed by atoms with Gasteiger partial charge in [-0.3, -0.25) is 34.7 Å². The number of rotatable bonds is 17. The van der Waals surface area contributed by atoms with Crippen LogP contribution in [0.5, 0.6) is 0 Å². The third kappa shape index (κ3) is 10.4. The molecule has 0 bridgehead atoms. The average Bonchev–Trinajstić information content (AvgIpc) is 3.54. The van der Waals surface area contributed by atoms with E-state index in [-0.39, 0.29) is 35.4 Å². The summed E-state index contributed by atoms with van der Waals surface area (Å²) in [5.41, 5.74) is 10.7. The molecule has 1 aromatic heterocycles. The molecular weight excluding hydrogens is 704 g/mol. The van der Waals surface area contributed by atoms with E-state index in [0.717, 1.165) is 11.3 Å². The molecule has 2 aromatic carbocycles. The number of hydroxylamine groups is 2. The molecule has 0 saturated carbocycles. The highest BCUT2D eigenvalue weighted by Gasteiger charge is 2.51. The summed E-state index contributed by atoms with van der Waals surface area (Å²) in [6.45, 7) is -2.64. The number of nitrogen functional groups attached to an aromatic ring is 1. The number of thiazole rings is 1. The Kier molecular flexibility index (Phi) is 12.4. The van der Waals surface area contributed by atoms with Gasteiger partial charge in [-0.05, 0) is 35.4 Å². The van der Waals surface area contributed by atoms with Crippen molar-refractivity contribution in [3.63, 3.8) is 0 Å². The van der Waals surface area contributed by atoms with Gasteiger partial charge in [0.2, 0.25) is 6.61 Å². The Balaban J connectivity index is 1.34. The topological polar surface area (TPSA) is 310 Å². The number of non-ortho nitro benzene ring substituents is 2. The standard InChI is InChI=1S/C28H26N8O14S/c29-27-31-19(14-51-27)23(33-49-12-21(37)46-9-15-1-5-17(6-2-15)35(42)43)25(39)32-24-20(11-48-28(30)41)34(26(24)40)50-13-22(38)47-10-16-3-7-18(8-4-16)36(44)45/h1-8,14,20,24H,9-13H2,(H2,29,31)(H2,30,41)(H,32,39)/b33-23-/t20-,24-/m1/s1. The largest absolute Gasteiger partial charge is 0.459 e. The number of oxime groups is 1. The Morgan fingerprint density at radius 1 is 0.902 bits per heavy atom. The van der Waals surface area contributed by atoms with Crippen LogP contribution in [0.1, 0.15) is 16.8 Å². The molecule has 22 nitrogen and oxygen atoms in total. The highest BCUT2D eigenvalue weighted by molar-refractivity contribution is 7.13. The summed E-state index contributed by atoms with van der Waals surface area (Å²) in [6, 6.07) is 7.88. The number of aromatic nitrogens is 1. The van der Waals surface area contributed by atoms with Crippen LogP contribution >= 0.6 is 11.3 Å². The maximum absolute atomic E-state index is 13.3.